The van der Waals surface area contributed by atoms with Crippen molar-refractivity contribution >= 4 is 35.0 Å². The van der Waals surface area contributed by atoms with Crippen molar-refractivity contribution < 1.29 is 9.53 Å². The number of anilines is 3. The molecular formula is C25H28ClN5O2. The zero-order valence-electron chi connectivity index (χ0n) is 18.6. The van der Waals surface area contributed by atoms with E-state index < -0.39 is 0 Å². The van der Waals surface area contributed by atoms with Crippen molar-refractivity contribution in [3.8, 4) is 5.75 Å². The lowest BCUT2D eigenvalue weighted by Gasteiger charge is -2.32. The molecule has 1 fully saturated rings. The Labute approximate surface area is 199 Å². The standard InChI is InChI=1S/C25H28ClN5O2/c1-33-22-7-3-2-6-21(22)29-23-13-15-28-25(30-23)31-16-4-5-19(17-31)24(32)27-14-12-18-8-10-20(26)11-9-18/h2-3,6-11,13,15,19H,4-5,12,14,16-17H2,1H3,(H,27,32)(H,28,29,30). The van der Waals surface area contributed by atoms with Gasteiger partial charge in [0.2, 0.25) is 11.9 Å². The minimum atomic E-state index is -0.0848. The fourth-order valence-electron chi connectivity index (χ4n) is 3.95. The van der Waals surface area contributed by atoms with E-state index in [0.29, 0.717) is 24.9 Å². The van der Waals surface area contributed by atoms with Gasteiger partial charge in [-0.15, -0.1) is 0 Å². The first kappa shape index (κ1) is 22.9. The predicted molar refractivity (Wildman–Crippen MR) is 131 cm³/mol. The maximum Gasteiger partial charge on any atom is 0.227 e. The molecule has 3 aromatic rings. The van der Waals surface area contributed by atoms with E-state index in [-0.39, 0.29) is 11.8 Å². The minimum absolute atomic E-state index is 0.0805. The third-order valence-electron chi connectivity index (χ3n) is 5.71. The van der Waals surface area contributed by atoms with Crippen LogP contribution in [0.4, 0.5) is 17.5 Å². The number of carbonyl (C=O) groups is 1. The van der Waals surface area contributed by atoms with E-state index in [1.807, 2.05) is 54.6 Å². The van der Waals surface area contributed by atoms with Gasteiger partial charge in [0.1, 0.15) is 11.6 Å². The molecule has 1 atom stereocenters. The van der Waals surface area contributed by atoms with Gasteiger partial charge in [-0.2, -0.15) is 4.98 Å². The van der Waals surface area contributed by atoms with Gasteiger partial charge in [-0.3, -0.25) is 4.79 Å². The van der Waals surface area contributed by atoms with Crippen LogP contribution in [-0.4, -0.2) is 42.6 Å². The molecule has 0 radical (unpaired) electrons. The Morgan fingerprint density at radius 1 is 1.18 bits per heavy atom. The van der Waals surface area contributed by atoms with E-state index in [0.717, 1.165) is 47.8 Å². The predicted octanol–water partition coefficient (Wildman–Crippen LogP) is 4.46. The largest absolute Gasteiger partial charge is 0.495 e. The highest BCUT2D eigenvalue weighted by molar-refractivity contribution is 6.30. The molecule has 2 heterocycles. The van der Waals surface area contributed by atoms with Crippen LogP contribution in [0.1, 0.15) is 18.4 Å². The summed E-state index contributed by atoms with van der Waals surface area (Å²) in [5.41, 5.74) is 1.99. The van der Waals surface area contributed by atoms with Gasteiger partial charge in [-0.1, -0.05) is 35.9 Å². The Morgan fingerprint density at radius 3 is 2.82 bits per heavy atom. The molecule has 4 rings (SSSR count). The lowest BCUT2D eigenvalue weighted by molar-refractivity contribution is -0.125. The van der Waals surface area contributed by atoms with Crippen LogP contribution in [0, 0.1) is 5.92 Å². The molecule has 1 aliphatic rings. The van der Waals surface area contributed by atoms with Crippen molar-refractivity contribution in [2.24, 2.45) is 5.92 Å². The molecule has 1 saturated heterocycles. The summed E-state index contributed by atoms with van der Waals surface area (Å²) in [5.74, 6) is 2.04. The maximum atomic E-state index is 12.8. The number of nitrogens with one attached hydrogen (secondary N) is 2. The molecule has 7 nitrogen and oxygen atoms in total. The molecule has 0 spiro atoms. The van der Waals surface area contributed by atoms with Crippen LogP contribution in [-0.2, 0) is 11.2 Å². The van der Waals surface area contributed by atoms with E-state index in [9.17, 15) is 4.79 Å². The van der Waals surface area contributed by atoms with Crippen LogP contribution in [0.5, 0.6) is 5.75 Å². The highest BCUT2D eigenvalue weighted by Gasteiger charge is 2.27. The number of rotatable bonds is 8. The Balaban J connectivity index is 1.34. The summed E-state index contributed by atoms with van der Waals surface area (Å²) in [6, 6.07) is 17.2. The van der Waals surface area contributed by atoms with Crippen molar-refractivity contribution in [3.05, 3.63) is 71.4 Å². The number of ether oxygens (including phenoxy) is 1. The number of benzene rings is 2. The number of nitrogens with zero attached hydrogens (tertiary/aromatic N) is 3. The maximum absolute atomic E-state index is 12.8. The number of aromatic nitrogens is 2. The first-order valence-corrected chi connectivity index (χ1v) is 11.5. The number of halogens is 1. The molecule has 8 heteroatoms. The highest BCUT2D eigenvalue weighted by Crippen LogP contribution is 2.27. The SMILES string of the molecule is COc1ccccc1Nc1ccnc(N2CCCC(C(=O)NCCc3ccc(Cl)cc3)C2)n1. The van der Waals surface area contributed by atoms with Crippen LogP contribution in [0.25, 0.3) is 0 Å². The summed E-state index contributed by atoms with van der Waals surface area (Å²) in [6.07, 6.45) is 4.29. The fraction of sp³-hybridized carbons (Fsp3) is 0.320. The lowest BCUT2D eigenvalue weighted by atomic mass is 9.97. The van der Waals surface area contributed by atoms with Crippen LogP contribution in [0.2, 0.25) is 5.02 Å². The topological polar surface area (TPSA) is 79.4 Å². The van der Waals surface area contributed by atoms with E-state index >= 15 is 0 Å². The number of carbonyl (C=O) groups excluding carboxylic acids is 1. The normalized spacial score (nSPS) is 15.7. The summed E-state index contributed by atoms with van der Waals surface area (Å²) in [6.45, 7) is 2.03. The second-order valence-electron chi connectivity index (χ2n) is 8.02. The van der Waals surface area contributed by atoms with Gasteiger partial charge in [-0.25, -0.2) is 4.98 Å². The van der Waals surface area contributed by atoms with Gasteiger partial charge < -0.3 is 20.3 Å². The molecule has 1 aliphatic heterocycles. The van der Waals surface area contributed by atoms with Gasteiger partial charge in [-0.05, 0) is 55.2 Å². The minimum Gasteiger partial charge on any atom is -0.495 e. The molecule has 0 bridgehead atoms. The number of para-hydroxylation sites is 2. The van der Waals surface area contributed by atoms with Crippen molar-refractivity contribution in [1.29, 1.82) is 0 Å². The summed E-state index contributed by atoms with van der Waals surface area (Å²) >= 11 is 5.93. The Morgan fingerprint density at radius 2 is 2.00 bits per heavy atom. The first-order valence-electron chi connectivity index (χ1n) is 11.1. The molecular weight excluding hydrogens is 438 g/mol. The molecule has 2 aromatic carbocycles. The first-order chi connectivity index (χ1) is 16.1. The fourth-order valence-corrected chi connectivity index (χ4v) is 4.08. The molecule has 0 saturated carbocycles. The van der Waals surface area contributed by atoms with Gasteiger partial charge in [0.25, 0.3) is 0 Å². The zero-order chi connectivity index (χ0) is 23.0. The third kappa shape index (κ3) is 6.14. The van der Waals surface area contributed by atoms with Gasteiger partial charge in [0.15, 0.2) is 0 Å². The van der Waals surface area contributed by atoms with Crippen LogP contribution in [0.15, 0.2) is 60.8 Å². The number of methoxy groups -OCH3 is 1. The molecule has 2 N–H and O–H groups in total. The monoisotopic (exact) mass is 465 g/mol. The third-order valence-corrected chi connectivity index (χ3v) is 5.97. The second kappa shape index (κ2) is 11.0. The molecule has 1 amide bonds. The molecule has 33 heavy (non-hydrogen) atoms. The Bertz CT molecular complexity index is 1080. The number of piperidine rings is 1. The van der Waals surface area contributed by atoms with Crippen LogP contribution >= 0.6 is 11.6 Å². The molecule has 0 aliphatic carbocycles. The van der Waals surface area contributed by atoms with E-state index in [4.69, 9.17) is 16.3 Å². The molecule has 1 aromatic heterocycles. The number of hydrogen-bond acceptors (Lipinski definition) is 6. The summed E-state index contributed by atoms with van der Waals surface area (Å²) in [4.78, 5) is 24.0. The summed E-state index contributed by atoms with van der Waals surface area (Å²) < 4.78 is 5.40. The number of hydrogen-bond donors (Lipinski definition) is 2. The van der Waals surface area contributed by atoms with E-state index in [2.05, 4.69) is 25.5 Å². The van der Waals surface area contributed by atoms with Gasteiger partial charge in [0.05, 0.1) is 18.7 Å². The average molecular weight is 466 g/mol. The van der Waals surface area contributed by atoms with Crippen molar-refractivity contribution in [3.63, 3.8) is 0 Å². The smallest absolute Gasteiger partial charge is 0.227 e. The van der Waals surface area contributed by atoms with E-state index in [1.165, 1.54) is 0 Å². The van der Waals surface area contributed by atoms with Crippen molar-refractivity contribution in [2.75, 3.05) is 37.0 Å². The van der Waals surface area contributed by atoms with Crippen LogP contribution < -0.4 is 20.3 Å². The van der Waals surface area contributed by atoms with Gasteiger partial charge in [0, 0.05) is 30.9 Å². The zero-order valence-corrected chi connectivity index (χ0v) is 19.4. The van der Waals surface area contributed by atoms with Crippen LogP contribution in [0.3, 0.4) is 0 Å². The van der Waals surface area contributed by atoms with Crippen molar-refractivity contribution in [2.45, 2.75) is 19.3 Å². The van der Waals surface area contributed by atoms with E-state index in [1.54, 1.807) is 13.3 Å². The average Bonchev–Trinajstić information content (AvgIpc) is 2.86. The lowest BCUT2D eigenvalue weighted by Crippen LogP contribution is -2.44. The molecule has 1 unspecified atom stereocenters. The summed E-state index contributed by atoms with van der Waals surface area (Å²) in [7, 11) is 1.64. The van der Waals surface area contributed by atoms with Gasteiger partial charge >= 0.3 is 0 Å². The summed E-state index contributed by atoms with van der Waals surface area (Å²) in [5, 5.41) is 7.09. The highest BCUT2D eigenvalue weighted by atomic mass is 35.5. The Kier molecular flexibility index (Phi) is 7.62. The second-order valence-corrected chi connectivity index (χ2v) is 8.46. The Hall–Kier alpha value is -3.32. The van der Waals surface area contributed by atoms with Crippen molar-refractivity contribution in [1.82, 2.24) is 15.3 Å². The number of amides is 1. The molecule has 172 valence electrons. The quantitative estimate of drug-likeness (QED) is 0.511.